The van der Waals surface area contributed by atoms with Gasteiger partial charge in [0.15, 0.2) is 0 Å². The Balaban J connectivity index is 2.14. The molecule has 0 unspecified atom stereocenters. The van der Waals surface area contributed by atoms with Gasteiger partial charge in [0.05, 0.1) is 0 Å². The smallest absolute Gasteiger partial charge is 0.00741 e. The second kappa shape index (κ2) is 7.66. The topological polar surface area (TPSA) is 26.0 Å². The molecule has 2 aromatic rings. The average Bonchev–Trinajstić information content (AvgIpc) is 2.51. The molecular weight excluding hydrogens is 242 g/mol. The van der Waals surface area contributed by atoms with E-state index in [2.05, 4.69) is 67.6 Å². The number of aryl methyl sites for hydroxylation is 2. The van der Waals surface area contributed by atoms with Crippen LogP contribution >= 0.6 is 0 Å². The maximum Gasteiger partial charge on any atom is -0.00741 e. The first kappa shape index (κ1) is 14.5. The lowest BCUT2D eigenvalue weighted by atomic mass is 10.0. The molecule has 2 N–H and O–H groups in total. The van der Waals surface area contributed by atoms with Crippen molar-refractivity contribution in [2.75, 3.05) is 6.54 Å². The first-order chi connectivity index (χ1) is 9.83. The van der Waals surface area contributed by atoms with Crippen molar-refractivity contribution in [3.8, 4) is 0 Å². The summed E-state index contributed by atoms with van der Waals surface area (Å²) < 4.78 is 0. The molecule has 2 aromatic carbocycles. The first-order valence-electron chi connectivity index (χ1n) is 7.38. The normalized spacial score (nSPS) is 11.1. The molecule has 0 amide bonds. The van der Waals surface area contributed by atoms with Crippen LogP contribution in [0.4, 0.5) is 0 Å². The van der Waals surface area contributed by atoms with Gasteiger partial charge in [-0.15, -0.1) is 0 Å². The maximum atomic E-state index is 5.57. The maximum absolute atomic E-state index is 5.57. The molecule has 0 saturated carbocycles. The zero-order chi connectivity index (χ0) is 14.2. The number of benzene rings is 2. The standard InChI is InChI=1S/C19H23N/c1-2-18-10-3-4-11-19(18)13-12-17-8-5-7-16(15-17)9-6-14-20/h3-5,7-8,10-13,15H,2,6,9,14,20H2,1H3/b13-12+. The lowest BCUT2D eigenvalue weighted by Crippen LogP contribution is -2.00. The van der Waals surface area contributed by atoms with Crippen molar-refractivity contribution >= 4 is 12.2 Å². The van der Waals surface area contributed by atoms with Crippen molar-refractivity contribution in [2.45, 2.75) is 26.2 Å². The minimum atomic E-state index is 0.754. The van der Waals surface area contributed by atoms with Crippen LogP contribution in [0.5, 0.6) is 0 Å². The Morgan fingerprint density at radius 2 is 1.85 bits per heavy atom. The van der Waals surface area contributed by atoms with Gasteiger partial charge in [-0.2, -0.15) is 0 Å². The van der Waals surface area contributed by atoms with Crippen LogP contribution in [0.2, 0.25) is 0 Å². The van der Waals surface area contributed by atoms with E-state index >= 15 is 0 Å². The quantitative estimate of drug-likeness (QED) is 0.774. The molecule has 104 valence electrons. The molecule has 0 saturated heterocycles. The van der Waals surface area contributed by atoms with Gasteiger partial charge in [-0.25, -0.2) is 0 Å². The van der Waals surface area contributed by atoms with Gasteiger partial charge < -0.3 is 5.73 Å². The van der Waals surface area contributed by atoms with E-state index in [1.54, 1.807) is 0 Å². The van der Waals surface area contributed by atoms with Crippen LogP contribution in [0.3, 0.4) is 0 Å². The summed E-state index contributed by atoms with van der Waals surface area (Å²) >= 11 is 0. The highest BCUT2D eigenvalue weighted by Gasteiger charge is 1.96. The Labute approximate surface area is 122 Å². The van der Waals surface area contributed by atoms with Gasteiger partial charge in [-0.3, -0.25) is 0 Å². The average molecular weight is 265 g/mol. The number of nitrogens with two attached hydrogens (primary N) is 1. The van der Waals surface area contributed by atoms with Gasteiger partial charge in [0, 0.05) is 0 Å². The predicted octanol–water partition coefficient (Wildman–Crippen LogP) is 4.31. The van der Waals surface area contributed by atoms with E-state index in [1.807, 2.05) is 0 Å². The minimum Gasteiger partial charge on any atom is -0.330 e. The molecule has 0 aliphatic carbocycles. The Hall–Kier alpha value is -1.86. The van der Waals surface area contributed by atoms with Gasteiger partial charge in [-0.1, -0.05) is 67.6 Å². The Kier molecular flexibility index (Phi) is 5.57. The SMILES string of the molecule is CCc1ccccc1/C=C/c1cccc(CCCN)c1. The molecule has 1 heteroatoms. The molecule has 0 aliphatic heterocycles. The van der Waals surface area contributed by atoms with Gasteiger partial charge in [0.1, 0.15) is 0 Å². The highest BCUT2D eigenvalue weighted by atomic mass is 14.5. The van der Waals surface area contributed by atoms with Gasteiger partial charge in [0.25, 0.3) is 0 Å². The fourth-order valence-electron chi connectivity index (χ4n) is 2.36. The third kappa shape index (κ3) is 4.07. The fourth-order valence-corrected chi connectivity index (χ4v) is 2.36. The summed E-state index contributed by atoms with van der Waals surface area (Å²) in [6.07, 6.45) is 7.58. The highest BCUT2D eigenvalue weighted by molar-refractivity contribution is 5.71. The van der Waals surface area contributed by atoms with Crippen molar-refractivity contribution < 1.29 is 0 Å². The van der Waals surface area contributed by atoms with Crippen molar-refractivity contribution in [2.24, 2.45) is 5.73 Å². The molecule has 0 heterocycles. The monoisotopic (exact) mass is 265 g/mol. The molecule has 0 radical (unpaired) electrons. The van der Waals surface area contributed by atoms with E-state index in [0.717, 1.165) is 25.8 Å². The lowest BCUT2D eigenvalue weighted by Gasteiger charge is -2.03. The molecular formula is C19H23N. The third-order valence-electron chi connectivity index (χ3n) is 3.51. The minimum absolute atomic E-state index is 0.754. The molecule has 0 fully saturated rings. The van der Waals surface area contributed by atoms with Gasteiger partial charge >= 0.3 is 0 Å². The highest BCUT2D eigenvalue weighted by Crippen LogP contribution is 2.15. The molecule has 0 spiro atoms. The van der Waals surface area contributed by atoms with Gasteiger partial charge in [-0.05, 0) is 48.1 Å². The third-order valence-corrected chi connectivity index (χ3v) is 3.51. The lowest BCUT2D eigenvalue weighted by molar-refractivity contribution is 0.832. The molecule has 0 aliphatic rings. The molecule has 0 atom stereocenters. The molecule has 0 aromatic heterocycles. The zero-order valence-electron chi connectivity index (χ0n) is 12.2. The van der Waals surface area contributed by atoms with Crippen LogP contribution in [-0.4, -0.2) is 6.54 Å². The van der Waals surface area contributed by atoms with Crippen LogP contribution in [0, 0.1) is 0 Å². The molecule has 20 heavy (non-hydrogen) atoms. The summed E-state index contributed by atoms with van der Waals surface area (Å²) in [6.45, 7) is 2.95. The number of hydrogen-bond donors (Lipinski definition) is 1. The first-order valence-corrected chi connectivity index (χ1v) is 7.38. The van der Waals surface area contributed by atoms with E-state index in [0.29, 0.717) is 0 Å². The predicted molar refractivity (Wildman–Crippen MR) is 88.6 cm³/mol. The Bertz CT molecular complexity index is 569. The van der Waals surface area contributed by atoms with Crippen molar-refractivity contribution in [1.82, 2.24) is 0 Å². The Morgan fingerprint density at radius 1 is 1.00 bits per heavy atom. The van der Waals surface area contributed by atoms with E-state index in [9.17, 15) is 0 Å². The molecule has 2 rings (SSSR count). The number of hydrogen-bond acceptors (Lipinski definition) is 1. The van der Waals surface area contributed by atoms with Crippen LogP contribution in [-0.2, 0) is 12.8 Å². The second-order valence-electron chi connectivity index (χ2n) is 5.02. The summed E-state index contributed by atoms with van der Waals surface area (Å²) in [4.78, 5) is 0. The Morgan fingerprint density at radius 3 is 2.65 bits per heavy atom. The van der Waals surface area contributed by atoms with E-state index in [-0.39, 0.29) is 0 Å². The second-order valence-corrected chi connectivity index (χ2v) is 5.02. The summed E-state index contributed by atoms with van der Waals surface area (Å²) in [7, 11) is 0. The fraction of sp³-hybridized carbons (Fsp3) is 0.263. The van der Waals surface area contributed by atoms with Crippen molar-refractivity contribution in [1.29, 1.82) is 0 Å². The summed E-state index contributed by atoms with van der Waals surface area (Å²) in [5.41, 5.74) is 10.9. The van der Waals surface area contributed by atoms with Crippen molar-refractivity contribution in [3.63, 3.8) is 0 Å². The van der Waals surface area contributed by atoms with Gasteiger partial charge in [0.2, 0.25) is 0 Å². The van der Waals surface area contributed by atoms with Crippen LogP contribution in [0.15, 0.2) is 48.5 Å². The largest absolute Gasteiger partial charge is 0.330 e. The van der Waals surface area contributed by atoms with Crippen LogP contribution in [0.25, 0.3) is 12.2 Å². The van der Waals surface area contributed by atoms with E-state index in [4.69, 9.17) is 5.73 Å². The van der Waals surface area contributed by atoms with Crippen LogP contribution < -0.4 is 5.73 Å². The summed E-state index contributed by atoms with van der Waals surface area (Å²) in [5.74, 6) is 0. The van der Waals surface area contributed by atoms with E-state index in [1.165, 1.54) is 22.3 Å². The summed E-state index contributed by atoms with van der Waals surface area (Å²) in [6, 6.07) is 17.3. The summed E-state index contributed by atoms with van der Waals surface area (Å²) in [5, 5.41) is 0. The molecule has 0 bridgehead atoms. The zero-order valence-corrected chi connectivity index (χ0v) is 12.2. The van der Waals surface area contributed by atoms with Crippen molar-refractivity contribution in [3.05, 3.63) is 70.8 Å². The molecule has 1 nitrogen and oxygen atoms in total. The van der Waals surface area contributed by atoms with E-state index < -0.39 is 0 Å². The van der Waals surface area contributed by atoms with Crippen LogP contribution in [0.1, 0.15) is 35.6 Å². The number of rotatable bonds is 6.